The second-order valence-corrected chi connectivity index (χ2v) is 10.6. The van der Waals surface area contributed by atoms with Gasteiger partial charge in [0, 0.05) is 27.8 Å². The summed E-state index contributed by atoms with van der Waals surface area (Å²) in [6, 6.07) is 11.0. The van der Waals surface area contributed by atoms with Crippen LogP contribution >= 0.6 is 39.7 Å². The summed E-state index contributed by atoms with van der Waals surface area (Å²) in [5.41, 5.74) is 3.41. The van der Waals surface area contributed by atoms with Crippen molar-refractivity contribution in [2.75, 3.05) is 16.8 Å². The van der Waals surface area contributed by atoms with Crippen LogP contribution in [0.4, 0.5) is 11.4 Å². The lowest BCUT2D eigenvalue weighted by Gasteiger charge is -2.45. The summed E-state index contributed by atoms with van der Waals surface area (Å²) in [6.07, 6.45) is 2.54. The molecular formula is C24H23BrClN3O2S. The van der Waals surface area contributed by atoms with Gasteiger partial charge >= 0.3 is 0 Å². The molecule has 0 bridgehead atoms. The fraction of sp³-hybridized carbons (Fsp3) is 0.292. The fourth-order valence-corrected chi connectivity index (χ4v) is 5.11. The monoisotopic (exact) mass is 531 g/mol. The van der Waals surface area contributed by atoms with Crippen LogP contribution in [0.1, 0.15) is 44.2 Å². The third-order valence-electron chi connectivity index (χ3n) is 6.24. The van der Waals surface area contributed by atoms with Crippen molar-refractivity contribution in [1.82, 2.24) is 5.32 Å². The Morgan fingerprint density at radius 2 is 1.88 bits per heavy atom. The van der Waals surface area contributed by atoms with E-state index in [1.165, 1.54) is 4.90 Å². The Hall–Kier alpha value is -2.22. The quantitative estimate of drug-likeness (QED) is 0.308. The molecule has 0 aliphatic carbocycles. The summed E-state index contributed by atoms with van der Waals surface area (Å²) in [4.78, 5) is 29.5. The second kappa shape index (κ2) is 8.28. The molecule has 2 aromatic rings. The van der Waals surface area contributed by atoms with Gasteiger partial charge in [0.15, 0.2) is 5.11 Å². The molecule has 5 nitrogen and oxygen atoms in total. The van der Waals surface area contributed by atoms with Crippen molar-refractivity contribution in [3.8, 4) is 0 Å². The minimum atomic E-state index is -0.534. The Kier molecular flexibility index (Phi) is 5.94. The molecule has 0 spiro atoms. The van der Waals surface area contributed by atoms with Crippen molar-refractivity contribution in [3.05, 3.63) is 62.6 Å². The largest absolute Gasteiger partial charge is 0.369 e. The first-order valence-corrected chi connectivity index (χ1v) is 11.8. The van der Waals surface area contributed by atoms with Crippen LogP contribution in [-0.2, 0) is 9.59 Å². The lowest BCUT2D eigenvalue weighted by molar-refractivity contribution is -0.122. The lowest BCUT2D eigenvalue weighted by atomic mass is 9.80. The molecule has 32 heavy (non-hydrogen) atoms. The minimum absolute atomic E-state index is 0.00974. The molecule has 0 aromatic heterocycles. The molecule has 4 rings (SSSR count). The number of hydrogen-bond donors (Lipinski definition) is 1. The van der Waals surface area contributed by atoms with Gasteiger partial charge in [-0.2, -0.15) is 0 Å². The topological polar surface area (TPSA) is 52.7 Å². The Balaban J connectivity index is 1.77. The molecule has 2 heterocycles. The second-order valence-electron chi connectivity index (χ2n) is 8.84. The number of carbonyl (C=O) groups excluding carboxylic acids is 2. The van der Waals surface area contributed by atoms with Gasteiger partial charge in [-0.25, -0.2) is 0 Å². The van der Waals surface area contributed by atoms with Crippen LogP contribution in [0.15, 0.2) is 46.4 Å². The van der Waals surface area contributed by atoms with Crippen molar-refractivity contribution in [2.24, 2.45) is 0 Å². The van der Waals surface area contributed by atoms with E-state index < -0.39 is 11.8 Å². The van der Waals surface area contributed by atoms with Crippen molar-refractivity contribution in [2.45, 2.75) is 38.6 Å². The number of rotatable bonds is 2. The lowest BCUT2D eigenvalue weighted by Crippen LogP contribution is -2.54. The smallest absolute Gasteiger partial charge is 0.270 e. The van der Waals surface area contributed by atoms with Crippen LogP contribution < -0.4 is 15.1 Å². The molecule has 0 saturated carbocycles. The molecule has 2 amide bonds. The molecule has 1 N–H and O–H groups in total. The van der Waals surface area contributed by atoms with Gasteiger partial charge in [-0.15, -0.1) is 0 Å². The minimum Gasteiger partial charge on any atom is -0.369 e. The van der Waals surface area contributed by atoms with Crippen molar-refractivity contribution in [1.29, 1.82) is 0 Å². The molecule has 0 radical (unpaired) electrons. The molecular weight excluding hydrogens is 510 g/mol. The summed E-state index contributed by atoms with van der Waals surface area (Å²) < 4.78 is 0.875. The number of nitrogens with one attached hydrogen (secondary N) is 1. The molecule has 2 aromatic carbocycles. The van der Waals surface area contributed by atoms with Crippen LogP contribution in [0.2, 0.25) is 5.02 Å². The number of carbonyl (C=O) groups is 2. The maximum absolute atomic E-state index is 13.3. The Morgan fingerprint density at radius 3 is 2.53 bits per heavy atom. The summed E-state index contributed by atoms with van der Waals surface area (Å²) in [6.45, 7) is 6.60. The Morgan fingerprint density at radius 1 is 1.22 bits per heavy atom. The highest BCUT2D eigenvalue weighted by molar-refractivity contribution is 9.10. The molecule has 2 aliphatic heterocycles. The van der Waals surface area contributed by atoms with Crippen LogP contribution in [0.3, 0.4) is 0 Å². The SMILES string of the molecule is C[C@H]1CC(C)(C)N(C)c2cc(Cl)c(/C=C3\C(=O)NC(=S)N(c4ccc(Br)cc4)C3=O)cc21. The fourth-order valence-electron chi connectivity index (χ4n) is 4.35. The maximum Gasteiger partial charge on any atom is 0.270 e. The van der Waals surface area contributed by atoms with E-state index >= 15 is 0 Å². The van der Waals surface area contributed by atoms with Crippen LogP contribution in [-0.4, -0.2) is 29.5 Å². The van der Waals surface area contributed by atoms with Crippen LogP contribution in [0.5, 0.6) is 0 Å². The van der Waals surface area contributed by atoms with Crippen LogP contribution in [0, 0.1) is 0 Å². The van der Waals surface area contributed by atoms with E-state index in [-0.39, 0.29) is 16.2 Å². The highest BCUT2D eigenvalue weighted by Crippen LogP contribution is 2.44. The molecule has 1 fully saturated rings. The number of anilines is 2. The van der Waals surface area contributed by atoms with Gasteiger partial charge in [0.25, 0.3) is 11.8 Å². The highest BCUT2D eigenvalue weighted by Gasteiger charge is 2.36. The molecule has 166 valence electrons. The first kappa shape index (κ1) is 23.0. The van der Waals surface area contributed by atoms with Gasteiger partial charge in [-0.1, -0.05) is 34.5 Å². The Bertz CT molecular complexity index is 1180. The van der Waals surface area contributed by atoms with Crippen molar-refractivity contribution < 1.29 is 9.59 Å². The normalized spacial score (nSPS) is 21.6. The third-order valence-corrected chi connectivity index (χ3v) is 7.38. The van der Waals surface area contributed by atoms with Gasteiger partial charge in [0.2, 0.25) is 0 Å². The van der Waals surface area contributed by atoms with Gasteiger partial charge in [-0.05, 0) is 92.0 Å². The van der Waals surface area contributed by atoms with E-state index in [4.69, 9.17) is 23.8 Å². The molecule has 1 atom stereocenters. The zero-order valence-electron chi connectivity index (χ0n) is 18.2. The highest BCUT2D eigenvalue weighted by atomic mass is 79.9. The first-order valence-electron chi connectivity index (χ1n) is 10.2. The standard InChI is InChI=1S/C24H23BrClN3O2S/c1-13-12-24(2,3)28(4)20-11-19(26)14(9-17(13)20)10-18-21(30)27-23(32)29(22(18)31)16-7-5-15(25)6-8-16/h5-11,13H,12H2,1-4H3,(H,27,30,32)/b18-10+/t13-/m0/s1. The van der Waals surface area contributed by atoms with E-state index in [1.807, 2.05) is 24.3 Å². The van der Waals surface area contributed by atoms with Gasteiger partial charge < -0.3 is 4.90 Å². The number of hydrogen-bond acceptors (Lipinski definition) is 4. The number of thiocarbonyl (C=S) groups is 1. The summed E-state index contributed by atoms with van der Waals surface area (Å²) in [7, 11) is 2.06. The van der Waals surface area contributed by atoms with Gasteiger partial charge in [-0.3, -0.25) is 19.8 Å². The third kappa shape index (κ3) is 3.98. The number of halogens is 2. The predicted molar refractivity (Wildman–Crippen MR) is 137 cm³/mol. The summed E-state index contributed by atoms with van der Waals surface area (Å²) >= 11 is 15.3. The molecule has 2 aliphatic rings. The van der Waals surface area contributed by atoms with E-state index in [9.17, 15) is 9.59 Å². The maximum atomic E-state index is 13.3. The summed E-state index contributed by atoms with van der Waals surface area (Å²) in [5, 5.41) is 3.15. The number of amides is 2. The number of fused-ring (bicyclic) bond motifs is 1. The van der Waals surface area contributed by atoms with E-state index in [0.717, 1.165) is 22.1 Å². The average Bonchev–Trinajstić information content (AvgIpc) is 2.71. The summed E-state index contributed by atoms with van der Waals surface area (Å²) in [5.74, 6) is -0.706. The van der Waals surface area contributed by atoms with Crippen LogP contribution in [0.25, 0.3) is 6.08 Å². The average molecular weight is 533 g/mol. The molecule has 0 unspecified atom stereocenters. The molecule has 1 saturated heterocycles. The van der Waals surface area contributed by atoms with Crippen molar-refractivity contribution >= 4 is 74.1 Å². The van der Waals surface area contributed by atoms with E-state index in [2.05, 4.69) is 54.0 Å². The first-order chi connectivity index (χ1) is 15.0. The van der Waals surface area contributed by atoms with E-state index in [0.29, 0.717) is 22.2 Å². The van der Waals surface area contributed by atoms with E-state index in [1.54, 1.807) is 18.2 Å². The van der Waals surface area contributed by atoms with Gasteiger partial charge in [0.1, 0.15) is 5.57 Å². The Labute approximate surface area is 206 Å². The van der Waals surface area contributed by atoms with Gasteiger partial charge in [0.05, 0.1) is 5.69 Å². The zero-order chi connectivity index (χ0) is 23.4. The number of nitrogens with zero attached hydrogens (tertiary/aromatic N) is 2. The predicted octanol–water partition coefficient (Wildman–Crippen LogP) is 5.66. The molecule has 8 heteroatoms. The number of benzene rings is 2. The zero-order valence-corrected chi connectivity index (χ0v) is 21.4. The van der Waals surface area contributed by atoms with Crippen molar-refractivity contribution in [3.63, 3.8) is 0 Å².